The molecule has 2 amide bonds. The van der Waals surface area contributed by atoms with Crippen molar-refractivity contribution < 1.29 is 23.2 Å². The van der Waals surface area contributed by atoms with E-state index in [1.54, 1.807) is 12.1 Å². The van der Waals surface area contributed by atoms with Crippen molar-refractivity contribution in [2.24, 2.45) is 5.41 Å². The Bertz CT molecular complexity index is 1650. The second-order valence-corrected chi connectivity index (χ2v) is 16.2. The Balaban J connectivity index is 0.992. The van der Waals surface area contributed by atoms with Crippen LogP contribution in [0.25, 0.3) is 5.83 Å². The van der Waals surface area contributed by atoms with E-state index in [9.17, 15) is 14.0 Å². The fraction of sp³-hybridized carbons (Fsp3) is 0.595. The number of thiazole rings is 1. The van der Waals surface area contributed by atoms with E-state index in [-0.39, 0.29) is 34.7 Å². The zero-order valence-electron chi connectivity index (χ0n) is 29.7. The fourth-order valence-electron chi connectivity index (χ4n) is 7.40. The molecular weight excluding hydrogens is 658 g/mol. The van der Waals surface area contributed by atoms with Crippen LogP contribution in [-0.4, -0.2) is 76.3 Å². The molecule has 6 rings (SSSR count). The maximum absolute atomic E-state index is 13.5. The Kier molecular flexibility index (Phi) is 11.0. The summed E-state index contributed by atoms with van der Waals surface area (Å²) in [5.74, 6) is 0.366. The van der Waals surface area contributed by atoms with E-state index < -0.39 is 5.83 Å². The maximum Gasteiger partial charge on any atom is 0.248 e. The average Bonchev–Trinajstić information content (AvgIpc) is 3.92. The van der Waals surface area contributed by atoms with Gasteiger partial charge in [0, 0.05) is 54.4 Å². The van der Waals surface area contributed by atoms with E-state index >= 15 is 0 Å². The molecule has 2 N–H and O–H groups in total. The molecule has 0 aliphatic carbocycles. The minimum absolute atomic E-state index is 0.0227. The number of likely N-dealkylation sites (tertiary alicyclic amines) is 1. The molecule has 3 fully saturated rings. The van der Waals surface area contributed by atoms with Gasteiger partial charge in [0.2, 0.25) is 17.7 Å². The highest BCUT2D eigenvalue weighted by Crippen LogP contribution is 2.37. The summed E-state index contributed by atoms with van der Waals surface area (Å²) in [4.78, 5) is 40.1. The molecule has 3 aliphatic rings. The number of rotatable bonds is 13. The fourth-order valence-corrected chi connectivity index (χ4v) is 8.31. The van der Waals surface area contributed by atoms with Crippen LogP contribution in [0.5, 0.6) is 0 Å². The molecule has 270 valence electrons. The summed E-state index contributed by atoms with van der Waals surface area (Å²) in [6.07, 6.45) is 9.33. The maximum atomic E-state index is 13.5. The van der Waals surface area contributed by atoms with E-state index in [0.717, 1.165) is 76.1 Å². The number of aromatic nitrogens is 3. The molecule has 0 radical (unpaired) electrons. The van der Waals surface area contributed by atoms with Crippen molar-refractivity contribution in [3.8, 4) is 0 Å². The molecule has 3 aliphatic heterocycles. The van der Waals surface area contributed by atoms with Crippen LogP contribution in [0.1, 0.15) is 96.0 Å². The van der Waals surface area contributed by atoms with E-state index in [1.165, 1.54) is 17.5 Å². The Labute approximate surface area is 298 Å². The average molecular weight is 708 g/mol. The van der Waals surface area contributed by atoms with Crippen LogP contribution in [0.2, 0.25) is 0 Å². The van der Waals surface area contributed by atoms with Gasteiger partial charge in [0.05, 0.1) is 17.4 Å². The predicted molar refractivity (Wildman–Crippen MR) is 194 cm³/mol. The highest BCUT2D eigenvalue weighted by Gasteiger charge is 2.37. The molecule has 6 heterocycles. The predicted octanol–water partition coefficient (Wildman–Crippen LogP) is 6.98. The van der Waals surface area contributed by atoms with Gasteiger partial charge in [0.25, 0.3) is 0 Å². The first-order chi connectivity index (χ1) is 23.9. The second kappa shape index (κ2) is 15.3. The summed E-state index contributed by atoms with van der Waals surface area (Å²) >= 11 is 1.43. The lowest BCUT2D eigenvalue weighted by atomic mass is 9.75. The van der Waals surface area contributed by atoms with Crippen LogP contribution < -0.4 is 15.5 Å². The zero-order valence-corrected chi connectivity index (χ0v) is 30.5. The topological polar surface area (TPSA) is 126 Å². The lowest BCUT2D eigenvalue weighted by Crippen LogP contribution is -2.47. The number of carbonyl (C=O) groups is 2. The van der Waals surface area contributed by atoms with Crippen molar-refractivity contribution in [1.29, 1.82) is 0 Å². The number of anilines is 3. The van der Waals surface area contributed by atoms with Gasteiger partial charge in [0.1, 0.15) is 17.7 Å². The summed E-state index contributed by atoms with van der Waals surface area (Å²) in [7, 11) is 0. The van der Waals surface area contributed by atoms with Crippen molar-refractivity contribution in [2.75, 3.05) is 41.8 Å². The molecule has 0 bridgehead atoms. The second-order valence-electron chi connectivity index (χ2n) is 15.3. The molecule has 13 heteroatoms. The Morgan fingerprint density at radius 1 is 1.02 bits per heavy atom. The third-order valence-corrected chi connectivity index (χ3v) is 11.2. The van der Waals surface area contributed by atoms with E-state index in [2.05, 4.69) is 59.9 Å². The van der Waals surface area contributed by atoms with Crippen molar-refractivity contribution in [1.82, 2.24) is 20.0 Å². The summed E-state index contributed by atoms with van der Waals surface area (Å²) in [6, 6.07) is 5.10. The van der Waals surface area contributed by atoms with Crippen LogP contribution in [-0.2, 0) is 26.2 Å². The number of hydrogen-bond donors (Lipinski definition) is 2. The number of pyridine rings is 1. The first-order valence-corrected chi connectivity index (χ1v) is 18.7. The number of ether oxygens (including phenoxy) is 1. The quantitative estimate of drug-likeness (QED) is 0.194. The van der Waals surface area contributed by atoms with E-state index in [0.29, 0.717) is 47.8 Å². The standard InChI is InChI=1S/C37H50FN7O4S/c1-24(38)25-10-11-31(39-22-25)45-17-7-9-29(45)34(47)42-35-40-30(23-50-35)37(4,5)15-14-36(2,3)21-26-20-32(49-43-26)41-33(46)28-8-6-16-44(28)27-12-18-48-19-13-27/h10-11,20,22-23,27-29H,1,6-9,12-19,21H2,2-5H3,(H,41,46)(H,40,42,47). The van der Waals surface area contributed by atoms with Crippen LogP contribution in [0.3, 0.4) is 0 Å². The van der Waals surface area contributed by atoms with Gasteiger partial charge in [-0.3, -0.25) is 19.8 Å². The summed E-state index contributed by atoms with van der Waals surface area (Å²) in [5.41, 5.74) is 1.79. The van der Waals surface area contributed by atoms with Gasteiger partial charge in [-0.2, -0.15) is 0 Å². The lowest BCUT2D eigenvalue weighted by Gasteiger charge is -2.34. The SMILES string of the molecule is C=C(F)c1ccc(N2CCCC2C(=O)Nc2nc(C(C)(C)CCC(C)(C)Cc3cc(NC(=O)C4CCCN4C4CCOCC4)on3)cs2)nc1. The number of carbonyl (C=O) groups excluding carboxylic acids is 2. The summed E-state index contributed by atoms with van der Waals surface area (Å²) < 4.78 is 24.6. The first-order valence-electron chi connectivity index (χ1n) is 17.8. The Morgan fingerprint density at radius 2 is 1.76 bits per heavy atom. The van der Waals surface area contributed by atoms with Gasteiger partial charge in [0.15, 0.2) is 5.13 Å². The molecule has 3 aromatic rings. The number of hydrogen-bond acceptors (Lipinski definition) is 10. The minimum Gasteiger partial charge on any atom is -0.381 e. The third kappa shape index (κ3) is 8.60. The normalized spacial score (nSPS) is 20.7. The van der Waals surface area contributed by atoms with Crippen LogP contribution >= 0.6 is 11.3 Å². The van der Waals surface area contributed by atoms with Crippen LogP contribution in [0, 0.1) is 5.41 Å². The first kappa shape index (κ1) is 36.1. The number of nitrogens with one attached hydrogen (secondary N) is 2. The largest absolute Gasteiger partial charge is 0.381 e. The van der Waals surface area contributed by atoms with Gasteiger partial charge < -0.3 is 19.5 Å². The number of halogens is 1. The number of amides is 2. The highest BCUT2D eigenvalue weighted by atomic mass is 32.1. The van der Waals surface area contributed by atoms with Gasteiger partial charge >= 0.3 is 0 Å². The van der Waals surface area contributed by atoms with E-state index in [4.69, 9.17) is 14.2 Å². The molecule has 50 heavy (non-hydrogen) atoms. The zero-order chi connectivity index (χ0) is 35.5. The third-order valence-electron chi connectivity index (χ3n) is 10.5. The Hall–Kier alpha value is -3.68. The molecule has 0 saturated carbocycles. The number of nitrogens with zero attached hydrogens (tertiary/aromatic N) is 5. The molecule has 3 aromatic heterocycles. The van der Waals surface area contributed by atoms with Gasteiger partial charge in [-0.15, -0.1) is 11.3 Å². The molecule has 0 spiro atoms. The van der Waals surface area contributed by atoms with Gasteiger partial charge in [-0.1, -0.05) is 39.4 Å². The molecule has 2 unspecified atom stereocenters. The van der Waals surface area contributed by atoms with E-state index in [1.807, 2.05) is 16.3 Å². The molecule has 2 atom stereocenters. The lowest BCUT2D eigenvalue weighted by molar-refractivity contribution is -0.122. The van der Waals surface area contributed by atoms with Crippen molar-refractivity contribution in [2.45, 2.75) is 109 Å². The molecule has 11 nitrogen and oxygen atoms in total. The van der Waals surface area contributed by atoms with Crippen LogP contribution in [0.15, 0.2) is 40.9 Å². The minimum atomic E-state index is -0.534. The van der Waals surface area contributed by atoms with Crippen LogP contribution in [0.4, 0.5) is 21.2 Å². The van der Waals surface area contributed by atoms with Crippen molar-refractivity contribution >= 4 is 45.8 Å². The van der Waals surface area contributed by atoms with Crippen molar-refractivity contribution in [3.05, 3.63) is 53.3 Å². The highest BCUT2D eigenvalue weighted by molar-refractivity contribution is 7.14. The summed E-state index contributed by atoms with van der Waals surface area (Å²) in [6.45, 7) is 15.3. The monoisotopic (exact) mass is 707 g/mol. The molecule has 0 aromatic carbocycles. The Morgan fingerprint density at radius 3 is 2.50 bits per heavy atom. The van der Waals surface area contributed by atoms with Gasteiger partial charge in [-0.05, 0) is 81.9 Å². The van der Waals surface area contributed by atoms with Crippen molar-refractivity contribution in [3.63, 3.8) is 0 Å². The molecular formula is C37H50FN7O4S. The smallest absolute Gasteiger partial charge is 0.248 e. The molecule has 3 saturated heterocycles. The van der Waals surface area contributed by atoms with Gasteiger partial charge in [-0.25, -0.2) is 14.4 Å². The summed E-state index contributed by atoms with van der Waals surface area (Å²) in [5, 5.41) is 12.9.